The summed E-state index contributed by atoms with van der Waals surface area (Å²) in [5.74, 6) is -1.95. The number of carbonyl (C=O) groups excluding carboxylic acids is 2. The molecule has 2 atom stereocenters. The van der Waals surface area contributed by atoms with Crippen LogP contribution in [0.4, 0.5) is 0 Å². The molecule has 2 aromatic carbocycles. The number of carboxylic acids is 2. The molecule has 288 valence electrons. The molecule has 13 heteroatoms. The van der Waals surface area contributed by atoms with Crippen LogP contribution in [0.1, 0.15) is 86.1 Å². The molecule has 2 saturated heterocycles. The molecule has 2 aliphatic heterocycles. The number of aliphatic carboxylic acids is 2. The van der Waals surface area contributed by atoms with Crippen LogP contribution in [0.25, 0.3) is 0 Å². The fourth-order valence-corrected chi connectivity index (χ4v) is 7.04. The van der Waals surface area contributed by atoms with E-state index in [4.69, 9.17) is 32.7 Å². The van der Waals surface area contributed by atoms with Gasteiger partial charge in [-0.15, -0.1) is 0 Å². The Morgan fingerprint density at radius 2 is 0.982 bits per heavy atom. The van der Waals surface area contributed by atoms with Gasteiger partial charge in [0, 0.05) is 60.6 Å². The second kappa shape index (κ2) is 24.2. The number of carbonyl (C=O) groups is 2. The third-order valence-corrected chi connectivity index (χ3v) is 10.2. The fraction of sp³-hybridized carbons (Fsp3) is 0.429. The molecule has 4 aromatic rings. The molecule has 2 aliphatic rings. The van der Waals surface area contributed by atoms with Gasteiger partial charge in [0.15, 0.2) is 0 Å². The Kier molecular flexibility index (Phi) is 19.8. The molecule has 10 nitrogen and oxygen atoms in total. The first kappa shape index (κ1) is 45.1. The molecule has 0 unspecified atom stereocenters. The first-order valence-corrected chi connectivity index (χ1v) is 19.5. The van der Waals surface area contributed by atoms with Gasteiger partial charge in [0.25, 0.3) is 0 Å². The van der Waals surface area contributed by atoms with Crippen molar-refractivity contribution in [3.8, 4) is 0 Å². The van der Waals surface area contributed by atoms with E-state index in [0.717, 1.165) is 87.5 Å². The molecular formula is C42H48CaCl2N4O6. The Balaban J connectivity index is 0.000000240. The summed E-state index contributed by atoms with van der Waals surface area (Å²) in [4.78, 5) is 34.6. The molecule has 2 fully saturated rings. The molecule has 0 aliphatic carbocycles. The summed E-state index contributed by atoms with van der Waals surface area (Å²) in [5, 5.41) is 22.5. The van der Waals surface area contributed by atoms with Crippen molar-refractivity contribution in [1.82, 2.24) is 19.8 Å². The van der Waals surface area contributed by atoms with Gasteiger partial charge in [0.2, 0.25) is 0 Å². The van der Waals surface area contributed by atoms with Crippen LogP contribution < -0.4 is 10.2 Å². The van der Waals surface area contributed by atoms with Crippen molar-refractivity contribution in [3.05, 3.63) is 130 Å². The van der Waals surface area contributed by atoms with Gasteiger partial charge in [0.05, 0.1) is 23.6 Å². The first-order valence-electron chi connectivity index (χ1n) is 18.7. The third kappa shape index (κ3) is 15.7. The van der Waals surface area contributed by atoms with E-state index in [1.165, 1.54) is 0 Å². The van der Waals surface area contributed by atoms with E-state index in [9.17, 15) is 19.8 Å². The van der Waals surface area contributed by atoms with Gasteiger partial charge in [-0.2, -0.15) is 0 Å². The number of aromatic nitrogens is 2. The van der Waals surface area contributed by atoms with Gasteiger partial charge in [-0.3, -0.25) is 9.97 Å². The van der Waals surface area contributed by atoms with Gasteiger partial charge in [-0.05, 0) is 124 Å². The van der Waals surface area contributed by atoms with Crippen molar-refractivity contribution in [2.45, 2.75) is 75.8 Å². The van der Waals surface area contributed by atoms with Crippen LogP contribution in [0.3, 0.4) is 0 Å². The maximum Gasteiger partial charge on any atom is 2.00 e. The Hall–Kier alpha value is -2.64. The molecule has 0 bridgehead atoms. The summed E-state index contributed by atoms with van der Waals surface area (Å²) in [6.07, 6.45) is 8.58. The maximum atomic E-state index is 10.5. The molecule has 0 amide bonds. The zero-order chi connectivity index (χ0) is 38.1. The second-order valence-corrected chi connectivity index (χ2v) is 14.6. The topological polar surface area (TPSA) is 131 Å². The number of likely N-dealkylation sites (tertiary alicyclic amines) is 2. The molecule has 55 heavy (non-hydrogen) atoms. The van der Waals surface area contributed by atoms with Crippen LogP contribution in [-0.2, 0) is 19.1 Å². The molecule has 0 radical (unpaired) electrons. The number of hydrogen-bond acceptors (Lipinski definition) is 10. The average Bonchev–Trinajstić information content (AvgIpc) is 3.19. The molecule has 0 spiro atoms. The molecule has 6 rings (SSSR count). The normalized spacial score (nSPS) is 16.6. The van der Waals surface area contributed by atoms with Crippen LogP contribution >= 0.6 is 23.2 Å². The minimum absolute atomic E-state index is 0. The van der Waals surface area contributed by atoms with Crippen LogP contribution in [0.15, 0.2) is 97.3 Å². The summed E-state index contributed by atoms with van der Waals surface area (Å²) >= 11 is 12.1. The Morgan fingerprint density at radius 3 is 1.29 bits per heavy atom. The number of nitrogens with zero attached hydrogens (tertiary/aromatic N) is 4. The molecular weight excluding hydrogens is 767 g/mol. The van der Waals surface area contributed by atoms with Crippen molar-refractivity contribution in [1.29, 1.82) is 0 Å². The predicted octanol–water partition coefficient (Wildman–Crippen LogP) is 5.29. The molecule has 2 aromatic heterocycles. The van der Waals surface area contributed by atoms with Gasteiger partial charge >= 0.3 is 37.7 Å². The van der Waals surface area contributed by atoms with E-state index >= 15 is 0 Å². The Labute approximate surface area is 364 Å². The summed E-state index contributed by atoms with van der Waals surface area (Å²) < 4.78 is 12.9. The number of carboxylic acid groups (broad SMARTS) is 2. The van der Waals surface area contributed by atoms with Crippen LogP contribution in [0.5, 0.6) is 0 Å². The smallest absolute Gasteiger partial charge is 0.550 e. The fourth-order valence-electron chi connectivity index (χ4n) is 6.79. The monoisotopic (exact) mass is 814 g/mol. The summed E-state index contributed by atoms with van der Waals surface area (Å²) in [7, 11) is 0. The average molecular weight is 816 g/mol. The van der Waals surface area contributed by atoms with Gasteiger partial charge in [0.1, 0.15) is 12.2 Å². The minimum atomic E-state index is -0.977. The van der Waals surface area contributed by atoms with Gasteiger partial charge in [-0.1, -0.05) is 59.6 Å². The SMILES string of the molecule is O=C([O-])CCCN1CCC(O[C@@H](c2ccc(Cl)cc2)c2ccccn2)CC1.O=C([O-])CCCN1CCC(O[C@@H](c2ccc(Cl)cc2)c2ccccn2)CC1.[Ca+2]. The van der Waals surface area contributed by atoms with E-state index in [-0.39, 0.29) is 75.0 Å². The van der Waals surface area contributed by atoms with E-state index in [1.807, 2.05) is 84.9 Å². The van der Waals surface area contributed by atoms with Crippen molar-refractivity contribution in [3.63, 3.8) is 0 Å². The zero-order valence-electron chi connectivity index (χ0n) is 31.1. The summed E-state index contributed by atoms with van der Waals surface area (Å²) in [6.45, 7) is 5.23. The number of rotatable bonds is 16. The summed E-state index contributed by atoms with van der Waals surface area (Å²) in [5.41, 5.74) is 3.84. The van der Waals surface area contributed by atoms with Gasteiger partial charge < -0.3 is 39.1 Å². The summed E-state index contributed by atoms with van der Waals surface area (Å²) in [6, 6.07) is 27.1. The van der Waals surface area contributed by atoms with E-state index in [1.54, 1.807) is 12.4 Å². The number of pyridine rings is 2. The number of halogens is 2. The largest absolute Gasteiger partial charge is 2.00 e. The van der Waals surface area contributed by atoms with Gasteiger partial charge in [-0.25, -0.2) is 0 Å². The quantitative estimate of drug-likeness (QED) is 0.138. The Bertz CT molecular complexity index is 1570. The first-order chi connectivity index (χ1) is 26.2. The maximum absolute atomic E-state index is 10.5. The number of hydrogen-bond donors (Lipinski definition) is 0. The van der Waals surface area contributed by atoms with Crippen LogP contribution in [-0.4, -0.2) is 121 Å². The number of piperidine rings is 2. The van der Waals surface area contributed by atoms with Crippen LogP contribution in [0.2, 0.25) is 10.0 Å². The molecule has 4 heterocycles. The van der Waals surface area contributed by atoms with E-state index in [0.29, 0.717) is 22.9 Å². The minimum Gasteiger partial charge on any atom is -0.550 e. The standard InChI is InChI=1S/2C21H25ClN2O3.Ca/c2*22-17-8-6-16(7-9-17)21(19-4-1-2-12-23-19)27-18-10-14-24(15-11-18)13-3-5-20(25)26;/h2*1-2,4,6-9,12,18,21H,3,5,10-11,13-15H2,(H,25,26);/q;;+2/p-2/t2*21-;/m00./s1. The van der Waals surface area contributed by atoms with Crippen molar-refractivity contribution in [2.75, 3.05) is 39.3 Å². The predicted molar refractivity (Wildman–Crippen MR) is 210 cm³/mol. The van der Waals surface area contributed by atoms with Crippen molar-refractivity contribution < 1.29 is 29.3 Å². The van der Waals surface area contributed by atoms with E-state index in [2.05, 4.69) is 19.8 Å². The Morgan fingerprint density at radius 1 is 0.618 bits per heavy atom. The molecule has 0 saturated carbocycles. The second-order valence-electron chi connectivity index (χ2n) is 13.7. The number of ether oxygens (including phenoxy) is 2. The van der Waals surface area contributed by atoms with Crippen molar-refractivity contribution in [2.24, 2.45) is 0 Å². The zero-order valence-corrected chi connectivity index (χ0v) is 34.9. The van der Waals surface area contributed by atoms with Crippen molar-refractivity contribution >= 4 is 72.9 Å². The molecule has 0 N–H and O–H groups in total. The third-order valence-electron chi connectivity index (χ3n) is 9.70. The number of benzene rings is 2. The van der Waals surface area contributed by atoms with E-state index < -0.39 is 11.9 Å². The van der Waals surface area contributed by atoms with Crippen LogP contribution in [0, 0.1) is 0 Å².